The molecule has 0 saturated carbocycles. The van der Waals surface area contributed by atoms with Crippen LogP contribution in [0.1, 0.15) is 32.6 Å². The lowest BCUT2D eigenvalue weighted by atomic mass is 10.1. The van der Waals surface area contributed by atoms with E-state index in [9.17, 15) is 39.9 Å². The highest BCUT2D eigenvalue weighted by molar-refractivity contribution is 5.67. The number of carbonyl (C=O) groups excluding carboxylic acids is 1. The molecule has 0 fully saturated rings. The van der Waals surface area contributed by atoms with Crippen molar-refractivity contribution in [3.63, 3.8) is 0 Å². The van der Waals surface area contributed by atoms with Crippen molar-refractivity contribution in [3.05, 3.63) is 0 Å². The number of alkyl halides is 8. The van der Waals surface area contributed by atoms with E-state index in [1.54, 1.807) is 0 Å². The van der Waals surface area contributed by atoms with Crippen molar-refractivity contribution in [1.29, 1.82) is 0 Å². The van der Waals surface area contributed by atoms with Crippen molar-refractivity contribution in [2.24, 2.45) is 0 Å². The normalized spacial score (nSPS) is 13.3. The second-order valence-electron chi connectivity index (χ2n) is 4.77. The van der Waals surface area contributed by atoms with Crippen LogP contribution in [-0.4, -0.2) is 43.4 Å². The summed E-state index contributed by atoms with van der Waals surface area (Å²) in [4.78, 5) is 11.0. The molecule has 11 heteroatoms. The number of hydrogen-bond donors (Lipinski definition) is 1. The molecule has 0 unspecified atom stereocenters. The van der Waals surface area contributed by atoms with Crippen molar-refractivity contribution in [2.75, 3.05) is 13.2 Å². The summed E-state index contributed by atoms with van der Waals surface area (Å²) in [5.74, 6) is -18.3. The highest BCUT2D eigenvalue weighted by Gasteiger charge is 2.75. The van der Waals surface area contributed by atoms with Gasteiger partial charge in [-0.2, -0.15) is 26.3 Å². The minimum Gasteiger partial charge on any atom is -0.443 e. The zero-order chi connectivity index (χ0) is 18.3. The lowest BCUT2D eigenvalue weighted by Crippen LogP contribution is -2.59. The van der Waals surface area contributed by atoms with Crippen molar-refractivity contribution < 1.29 is 44.7 Å². The molecular weight excluding hydrogens is 342 g/mol. The van der Waals surface area contributed by atoms with Crippen LogP contribution in [0, 0.1) is 0 Å². The minimum absolute atomic E-state index is 0.00793. The molecule has 0 radical (unpaired) electrons. The number of halogens is 8. The Hall–Kier alpha value is -1.29. The van der Waals surface area contributed by atoms with Crippen LogP contribution < -0.4 is 5.32 Å². The lowest BCUT2D eigenvalue weighted by molar-refractivity contribution is -0.343. The van der Waals surface area contributed by atoms with Gasteiger partial charge in [-0.3, -0.25) is 0 Å². The fraction of sp³-hybridized carbons (Fsp3) is 0.917. The first-order chi connectivity index (χ1) is 10.4. The fourth-order valence-corrected chi connectivity index (χ4v) is 1.42. The molecule has 0 aliphatic heterocycles. The molecule has 0 aromatic rings. The molecule has 23 heavy (non-hydrogen) atoms. The average molecular weight is 359 g/mol. The van der Waals surface area contributed by atoms with E-state index >= 15 is 0 Å². The van der Waals surface area contributed by atoms with E-state index in [0.717, 1.165) is 12.8 Å². The van der Waals surface area contributed by atoms with Gasteiger partial charge < -0.3 is 10.1 Å². The SMILES string of the molecule is CCCCCCNC(=O)OCC(F)(F)C(F)(F)C(F)(F)C(F)F. The molecule has 0 aromatic carbocycles. The van der Waals surface area contributed by atoms with Gasteiger partial charge in [0.05, 0.1) is 0 Å². The number of amides is 1. The van der Waals surface area contributed by atoms with Crippen LogP contribution in [0.2, 0.25) is 0 Å². The summed E-state index contributed by atoms with van der Waals surface area (Å²) in [6.45, 7) is -0.532. The zero-order valence-corrected chi connectivity index (χ0v) is 12.2. The number of carbonyl (C=O) groups is 1. The van der Waals surface area contributed by atoms with Gasteiger partial charge in [-0.1, -0.05) is 26.2 Å². The first kappa shape index (κ1) is 21.7. The largest absolute Gasteiger partial charge is 0.443 e. The summed E-state index contributed by atoms with van der Waals surface area (Å²) in [6.07, 6.45) is -3.61. The van der Waals surface area contributed by atoms with Gasteiger partial charge >= 0.3 is 30.3 Å². The summed E-state index contributed by atoms with van der Waals surface area (Å²) in [6, 6.07) is 0. The zero-order valence-electron chi connectivity index (χ0n) is 12.2. The van der Waals surface area contributed by atoms with Crippen LogP contribution in [0.15, 0.2) is 0 Å². The van der Waals surface area contributed by atoms with E-state index in [1.807, 2.05) is 12.2 Å². The standard InChI is InChI=1S/C12H17F8NO2/c1-2-3-4-5-6-21-9(22)23-7-10(15,16)12(19,20)11(17,18)8(13)14/h8H,2-7H2,1H3,(H,21,22). The Labute approximate surface area is 127 Å². The summed E-state index contributed by atoms with van der Waals surface area (Å²) < 4.78 is 104. The summed E-state index contributed by atoms with van der Waals surface area (Å²) in [7, 11) is 0. The highest BCUT2D eigenvalue weighted by Crippen LogP contribution is 2.48. The van der Waals surface area contributed by atoms with Gasteiger partial charge in [0.2, 0.25) is 0 Å². The Morgan fingerprint density at radius 2 is 1.61 bits per heavy atom. The smallest absolute Gasteiger partial charge is 0.407 e. The molecule has 0 saturated heterocycles. The Morgan fingerprint density at radius 3 is 2.09 bits per heavy atom. The number of rotatable bonds is 10. The fourth-order valence-electron chi connectivity index (χ4n) is 1.42. The van der Waals surface area contributed by atoms with Crippen molar-refractivity contribution in [2.45, 2.75) is 56.8 Å². The van der Waals surface area contributed by atoms with Gasteiger partial charge in [0, 0.05) is 6.54 Å². The first-order valence-corrected chi connectivity index (χ1v) is 6.72. The summed E-state index contributed by atoms with van der Waals surface area (Å²) >= 11 is 0. The van der Waals surface area contributed by atoms with Crippen molar-refractivity contribution in [3.8, 4) is 0 Å². The van der Waals surface area contributed by atoms with E-state index in [1.165, 1.54) is 0 Å². The number of alkyl carbamates (subject to hydrolysis) is 1. The van der Waals surface area contributed by atoms with Crippen LogP contribution in [-0.2, 0) is 4.74 Å². The predicted molar refractivity (Wildman–Crippen MR) is 64.3 cm³/mol. The van der Waals surface area contributed by atoms with Crippen LogP contribution >= 0.6 is 0 Å². The van der Waals surface area contributed by atoms with Crippen LogP contribution in [0.25, 0.3) is 0 Å². The molecule has 0 rings (SSSR count). The van der Waals surface area contributed by atoms with Crippen LogP contribution in [0.4, 0.5) is 39.9 Å². The van der Waals surface area contributed by atoms with E-state index in [0.29, 0.717) is 12.8 Å². The molecule has 1 amide bonds. The summed E-state index contributed by atoms with van der Waals surface area (Å²) in [5, 5.41) is 1.95. The minimum atomic E-state index is -6.38. The van der Waals surface area contributed by atoms with E-state index in [-0.39, 0.29) is 6.54 Å². The van der Waals surface area contributed by atoms with Crippen molar-refractivity contribution in [1.82, 2.24) is 5.32 Å². The van der Waals surface area contributed by atoms with Crippen LogP contribution in [0.3, 0.4) is 0 Å². The number of unbranched alkanes of at least 4 members (excludes halogenated alkanes) is 3. The predicted octanol–water partition coefficient (Wildman–Crippen LogP) is 4.46. The molecule has 0 bridgehead atoms. The Bertz CT molecular complexity index is 376. The van der Waals surface area contributed by atoms with Gasteiger partial charge in [-0.25, -0.2) is 13.6 Å². The summed E-state index contributed by atoms with van der Waals surface area (Å²) in [5.41, 5.74) is 0. The molecule has 138 valence electrons. The molecule has 0 aliphatic rings. The molecule has 0 heterocycles. The maximum absolute atomic E-state index is 13.0. The number of ether oxygens (including phenoxy) is 1. The molecular formula is C12H17F8NO2. The quantitative estimate of drug-likeness (QED) is 0.462. The van der Waals surface area contributed by atoms with Gasteiger partial charge in [-0.05, 0) is 6.42 Å². The third-order valence-electron chi connectivity index (χ3n) is 2.84. The molecule has 3 nitrogen and oxygen atoms in total. The van der Waals surface area contributed by atoms with E-state index in [2.05, 4.69) is 4.74 Å². The second-order valence-corrected chi connectivity index (χ2v) is 4.77. The van der Waals surface area contributed by atoms with Crippen LogP contribution in [0.5, 0.6) is 0 Å². The van der Waals surface area contributed by atoms with E-state index < -0.39 is 36.9 Å². The maximum atomic E-state index is 13.0. The number of nitrogens with one attached hydrogen (secondary N) is 1. The lowest BCUT2D eigenvalue weighted by Gasteiger charge is -2.31. The molecule has 1 N–H and O–H groups in total. The third kappa shape index (κ3) is 5.69. The van der Waals surface area contributed by atoms with Gasteiger partial charge in [0.15, 0.2) is 6.61 Å². The molecule has 0 aromatic heterocycles. The molecule has 0 spiro atoms. The van der Waals surface area contributed by atoms with E-state index in [4.69, 9.17) is 0 Å². The maximum Gasteiger partial charge on any atom is 0.407 e. The van der Waals surface area contributed by atoms with Gasteiger partial charge in [-0.15, -0.1) is 0 Å². The Kier molecular flexibility index (Phi) is 8.05. The Morgan fingerprint density at radius 1 is 1.04 bits per heavy atom. The molecule has 0 atom stereocenters. The average Bonchev–Trinajstić information content (AvgIpc) is 2.44. The van der Waals surface area contributed by atoms with Gasteiger partial charge in [0.1, 0.15) is 0 Å². The Balaban J connectivity index is 4.49. The molecule has 0 aliphatic carbocycles. The third-order valence-corrected chi connectivity index (χ3v) is 2.84. The topological polar surface area (TPSA) is 38.3 Å². The second kappa shape index (κ2) is 8.53. The van der Waals surface area contributed by atoms with Crippen molar-refractivity contribution >= 4 is 6.09 Å². The number of hydrogen-bond acceptors (Lipinski definition) is 2. The van der Waals surface area contributed by atoms with Gasteiger partial charge in [0.25, 0.3) is 0 Å². The highest BCUT2D eigenvalue weighted by atomic mass is 19.4. The monoisotopic (exact) mass is 359 g/mol. The first-order valence-electron chi connectivity index (χ1n) is 6.72.